The predicted molar refractivity (Wildman–Crippen MR) is 37.1 cm³/mol. The number of guanidine groups is 1. The lowest BCUT2D eigenvalue weighted by Crippen LogP contribution is -2.06. The fourth-order valence-corrected chi connectivity index (χ4v) is 0.114. The molecule has 0 aliphatic carbocycles. The van der Waals surface area contributed by atoms with Crippen molar-refractivity contribution in [1.82, 2.24) is 0 Å². The number of carbonyl (C=O) groups is 1. The van der Waals surface area contributed by atoms with Crippen molar-refractivity contribution in [3.63, 3.8) is 0 Å². The molecule has 0 aromatic carbocycles. The van der Waals surface area contributed by atoms with Gasteiger partial charge in [0.05, 0.1) is 0 Å². The summed E-state index contributed by atoms with van der Waals surface area (Å²) < 4.78 is 0. The normalized spacial score (nSPS) is 9.09. The maximum Gasteiger partial charge on any atom is 0.300 e. The molecule has 11 heavy (non-hydrogen) atoms. The van der Waals surface area contributed by atoms with Gasteiger partial charge in [-0.15, -0.1) is 5.11 Å². The van der Waals surface area contributed by atoms with Crippen molar-refractivity contribution >= 4 is 11.9 Å². The summed E-state index contributed by atoms with van der Waals surface area (Å²) in [6.07, 6.45) is 0. The van der Waals surface area contributed by atoms with E-state index < -0.39 is 5.97 Å². The summed E-state index contributed by atoms with van der Waals surface area (Å²) in [5.74, 6) is -1.01. The van der Waals surface area contributed by atoms with Gasteiger partial charge in [-0.25, -0.2) is 5.53 Å². The van der Waals surface area contributed by atoms with Crippen LogP contribution in [0.1, 0.15) is 6.92 Å². The Balaban J connectivity index is 0. The molecule has 0 aliphatic heterocycles. The quantitative estimate of drug-likeness (QED) is 0.217. The summed E-state index contributed by atoms with van der Waals surface area (Å²) in [7, 11) is 1.33. The van der Waals surface area contributed by atoms with Gasteiger partial charge in [-0.3, -0.25) is 4.79 Å². The molecule has 0 fully saturated rings. The summed E-state index contributed by atoms with van der Waals surface area (Å²) in [4.78, 5) is 13.1. The van der Waals surface area contributed by atoms with Gasteiger partial charge in [-0.05, 0) is 5.16 Å². The van der Waals surface area contributed by atoms with Crippen LogP contribution in [0.4, 0.5) is 0 Å². The van der Waals surface area contributed by atoms with Gasteiger partial charge in [0, 0.05) is 6.92 Å². The van der Waals surface area contributed by atoms with Crippen LogP contribution in [0, 0.1) is 5.53 Å². The molecule has 0 saturated carbocycles. The first-order valence-corrected chi connectivity index (χ1v) is 2.48. The van der Waals surface area contributed by atoms with Crippen molar-refractivity contribution in [1.29, 1.82) is 5.53 Å². The molecule has 0 heterocycles. The SMILES string of the molecule is CC(=O)O.CON=C(N)N=N. The second-order valence-corrected chi connectivity index (χ2v) is 1.26. The number of nitrogens with zero attached hydrogens (tertiary/aromatic N) is 2. The smallest absolute Gasteiger partial charge is 0.300 e. The van der Waals surface area contributed by atoms with Crippen LogP contribution >= 0.6 is 0 Å². The molecule has 7 heteroatoms. The lowest BCUT2D eigenvalue weighted by molar-refractivity contribution is -0.134. The van der Waals surface area contributed by atoms with E-state index in [4.69, 9.17) is 21.2 Å². The van der Waals surface area contributed by atoms with E-state index in [0.29, 0.717) is 0 Å². The lowest BCUT2D eigenvalue weighted by Gasteiger charge is -1.83. The molecule has 7 nitrogen and oxygen atoms in total. The molecule has 0 unspecified atom stereocenters. The highest BCUT2D eigenvalue weighted by atomic mass is 16.6. The molecule has 0 rings (SSSR count). The molecule has 0 spiro atoms. The van der Waals surface area contributed by atoms with Gasteiger partial charge in [-0.1, -0.05) is 0 Å². The minimum atomic E-state index is -0.833. The zero-order valence-corrected chi connectivity index (χ0v) is 6.24. The molecule has 0 radical (unpaired) electrons. The number of nitrogens with one attached hydrogen (secondary N) is 1. The highest BCUT2D eigenvalue weighted by Gasteiger charge is 1.78. The molecule has 0 aliphatic rings. The molecule has 4 N–H and O–H groups in total. The summed E-state index contributed by atoms with van der Waals surface area (Å²) >= 11 is 0. The zero-order chi connectivity index (χ0) is 9.28. The molecule has 0 aromatic heterocycles. The third-order valence-corrected chi connectivity index (χ3v) is 0.299. The van der Waals surface area contributed by atoms with Crippen LogP contribution in [-0.4, -0.2) is 24.1 Å². The Morgan fingerprint density at radius 1 is 1.73 bits per heavy atom. The highest BCUT2D eigenvalue weighted by molar-refractivity contribution is 5.77. The van der Waals surface area contributed by atoms with Crippen molar-refractivity contribution in [2.24, 2.45) is 16.0 Å². The van der Waals surface area contributed by atoms with E-state index in [1.165, 1.54) is 7.11 Å². The molecule has 0 bridgehead atoms. The number of carboxylic acid groups (broad SMARTS) is 1. The van der Waals surface area contributed by atoms with Crippen molar-refractivity contribution < 1.29 is 14.7 Å². The summed E-state index contributed by atoms with van der Waals surface area (Å²) in [6.45, 7) is 1.08. The van der Waals surface area contributed by atoms with Gasteiger partial charge in [0.1, 0.15) is 7.11 Å². The Labute approximate surface area is 63.3 Å². The Morgan fingerprint density at radius 2 is 2.09 bits per heavy atom. The molecular weight excluding hydrogens is 152 g/mol. The average molecular weight is 162 g/mol. The largest absolute Gasteiger partial charge is 0.481 e. The fourth-order valence-electron chi connectivity index (χ4n) is 0.114. The standard InChI is InChI=1S/C2H6N4O.C2H4O2/c1-7-6-2(3)5-4;1-2(3)4/h4H,1H3,(H2,3,6);1H3,(H,3,4). The van der Waals surface area contributed by atoms with Gasteiger partial charge >= 0.3 is 0 Å². The van der Waals surface area contributed by atoms with Gasteiger partial charge < -0.3 is 15.7 Å². The maximum atomic E-state index is 9.00. The number of hydrogen-bond acceptors (Lipinski definition) is 4. The van der Waals surface area contributed by atoms with Crippen LogP contribution in [-0.2, 0) is 9.63 Å². The molecular formula is C4H10N4O3. The minimum Gasteiger partial charge on any atom is -0.481 e. The predicted octanol–water partition coefficient (Wildman–Crippen LogP) is -0.0156. The van der Waals surface area contributed by atoms with E-state index in [9.17, 15) is 0 Å². The van der Waals surface area contributed by atoms with E-state index >= 15 is 0 Å². The van der Waals surface area contributed by atoms with E-state index in [0.717, 1.165) is 6.92 Å². The van der Waals surface area contributed by atoms with E-state index in [1.54, 1.807) is 0 Å². The Bertz CT molecular complexity index is 151. The van der Waals surface area contributed by atoms with Crippen molar-refractivity contribution in [2.45, 2.75) is 6.92 Å². The van der Waals surface area contributed by atoms with E-state index in [-0.39, 0.29) is 5.96 Å². The third kappa shape index (κ3) is 30.1. The van der Waals surface area contributed by atoms with Crippen LogP contribution < -0.4 is 5.73 Å². The first-order valence-electron chi connectivity index (χ1n) is 2.48. The Kier molecular flexibility index (Phi) is 9.14. The molecule has 64 valence electrons. The second kappa shape index (κ2) is 8.34. The van der Waals surface area contributed by atoms with Crippen LogP contribution in [0.5, 0.6) is 0 Å². The molecule has 0 amide bonds. The van der Waals surface area contributed by atoms with Gasteiger partial charge in [0.2, 0.25) is 0 Å². The zero-order valence-electron chi connectivity index (χ0n) is 6.24. The van der Waals surface area contributed by atoms with E-state index in [1.807, 2.05) is 0 Å². The molecule has 0 aromatic rings. The Hall–Kier alpha value is -1.66. The fraction of sp³-hybridized carbons (Fsp3) is 0.500. The first-order chi connectivity index (χ1) is 5.04. The van der Waals surface area contributed by atoms with Crippen LogP contribution in [0.3, 0.4) is 0 Å². The number of aliphatic carboxylic acids is 1. The van der Waals surface area contributed by atoms with Crippen molar-refractivity contribution in [3.05, 3.63) is 0 Å². The molecule has 0 saturated heterocycles. The van der Waals surface area contributed by atoms with Crippen LogP contribution in [0.25, 0.3) is 0 Å². The summed E-state index contributed by atoms with van der Waals surface area (Å²) in [5.41, 5.74) is 11.1. The summed E-state index contributed by atoms with van der Waals surface area (Å²) in [5, 5.41) is 13.2. The molecule has 0 atom stereocenters. The van der Waals surface area contributed by atoms with Crippen LogP contribution in [0.15, 0.2) is 10.3 Å². The van der Waals surface area contributed by atoms with Gasteiger partial charge in [0.25, 0.3) is 11.9 Å². The second-order valence-electron chi connectivity index (χ2n) is 1.26. The third-order valence-electron chi connectivity index (χ3n) is 0.299. The number of nitrogens with two attached hydrogens (primary N) is 1. The van der Waals surface area contributed by atoms with E-state index in [2.05, 4.69) is 15.1 Å². The summed E-state index contributed by atoms with van der Waals surface area (Å²) in [6, 6.07) is 0. The van der Waals surface area contributed by atoms with Crippen molar-refractivity contribution in [2.75, 3.05) is 7.11 Å². The Morgan fingerprint density at radius 3 is 2.18 bits per heavy atom. The van der Waals surface area contributed by atoms with Gasteiger partial charge in [-0.2, -0.15) is 0 Å². The monoisotopic (exact) mass is 162 g/mol. The van der Waals surface area contributed by atoms with Crippen LogP contribution in [0.2, 0.25) is 0 Å². The number of carboxylic acids is 1. The van der Waals surface area contributed by atoms with Gasteiger partial charge in [0.15, 0.2) is 0 Å². The number of oxime groups is 1. The number of hydrogen-bond donors (Lipinski definition) is 3. The topological polar surface area (TPSA) is 121 Å². The minimum absolute atomic E-state index is 0.178. The highest BCUT2D eigenvalue weighted by Crippen LogP contribution is 1.68. The van der Waals surface area contributed by atoms with Crippen molar-refractivity contribution in [3.8, 4) is 0 Å². The lowest BCUT2D eigenvalue weighted by atomic mass is 10.9. The number of rotatable bonds is 1. The maximum absolute atomic E-state index is 9.00. The first kappa shape index (κ1) is 12.1. The average Bonchev–Trinajstić information content (AvgIpc) is 1.87.